The largest absolute Gasteiger partial charge is 0.357 e. The molecule has 0 bridgehead atoms. The van der Waals surface area contributed by atoms with E-state index in [2.05, 4.69) is 22.5 Å². The first-order valence-electron chi connectivity index (χ1n) is 7.65. The van der Waals surface area contributed by atoms with Crippen LogP contribution in [0.2, 0.25) is 0 Å². The lowest BCUT2D eigenvalue weighted by atomic mass is 10.0. The summed E-state index contributed by atoms with van der Waals surface area (Å²) < 4.78 is 1.99. The molecule has 1 aliphatic heterocycles. The van der Waals surface area contributed by atoms with Crippen molar-refractivity contribution in [1.82, 2.24) is 20.2 Å². The van der Waals surface area contributed by atoms with Gasteiger partial charge in [-0.2, -0.15) is 11.8 Å². The van der Waals surface area contributed by atoms with E-state index in [-0.39, 0.29) is 11.8 Å². The third-order valence-corrected chi connectivity index (χ3v) is 4.70. The quantitative estimate of drug-likeness (QED) is 0.829. The fourth-order valence-electron chi connectivity index (χ4n) is 2.80. The van der Waals surface area contributed by atoms with Crippen LogP contribution in [0.25, 0.3) is 0 Å². The Morgan fingerprint density at radius 3 is 3.00 bits per heavy atom. The number of rotatable bonds is 6. The van der Waals surface area contributed by atoms with Gasteiger partial charge >= 0.3 is 0 Å². The minimum Gasteiger partial charge on any atom is -0.357 e. The minimum atomic E-state index is -0.503. The van der Waals surface area contributed by atoms with Crippen molar-refractivity contribution >= 4 is 23.6 Å². The molecule has 2 rings (SSSR count). The molecular formula is C15H24N4O2S. The summed E-state index contributed by atoms with van der Waals surface area (Å²) in [6.07, 6.45) is 6.38. The Hall–Kier alpha value is -1.50. The van der Waals surface area contributed by atoms with E-state index in [9.17, 15) is 9.59 Å². The number of likely N-dealkylation sites (N-methyl/N-ethyl adjacent to an activating group) is 1. The predicted molar refractivity (Wildman–Crippen MR) is 88.2 cm³/mol. The molecule has 0 spiro atoms. The zero-order chi connectivity index (χ0) is 16.1. The Morgan fingerprint density at radius 2 is 2.32 bits per heavy atom. The number of amides is 2. The summed E-state index contributed by atoms with van der Waals surface area (Å²) in [6, 6.07) is -0.503. The molecule has 0 saturated carbocycles. The van der Waals surface area contributed by atoms with Gasteiger partial charge in [-0.25, -0.2) is 4.98 Å². The highest BCUT2D eigenvalue weighted by atomic mass is 32.2. The number of aromatic nitrogens is 2. The Labute approximate surface area is 135 Å². The molecule has 7 heteroatoms. The third kappa shape index (κ3) is 3.63. The number of nitrogens with zero attached hydrogens (tertiary/aromatic N) is 2. The maximum Gasteiger partial charge on any atom is 0.270 e. The molecule has 0 radical (unpaired) electrons. The molecule has 22 heavy (non-hydrogen) atoms. The van der Waals surface area contributed by atoms with E-state index < -0.39 is 6.04 Å². The number of carbonyl (C=O) groups excluding carboxylic acids is 2. The molecule has 0 fully saturated rings. The summed E-state index contributed by atoms with van der Waals surface area (Å²) in [4.78, 5) is 28.8. The highest BCUT2D eigenvalue weighted by Gasteiger charge is 2.26. The van der Waals surface area contributed by atoms with Gasteiger partial charge in [-0.15, -0.1) is 0 Å². The Kier molecular flexibility index (Phi) is 5.88. The first kappa shape index (κ1) is 16.9. The van der Waals surface area contributed by atoms with E-state index in [1.807, 2.05) is 10.8 Å². The summed E-state index contributed by atoms with van der Waals surface area (Å²) in [7, 11) is 1.59. The van der Waals surface area contributed by atoms with Gasteiger partial charge in [-0.1, -0.05) is 6.92 Å². The van der Waals surface area contributed by atoms with Gasteiger partial charge in [0.1, 0.15) is 17.6 Å². The Balaban J connectivity index is 2.12. The Morgan fingerprint density at radius 1 is 1.55 bits per heavy atom. The van der Waals surface area contributed by atoms with Gasteiger partial charge in [0, 0.05) is 19.5 Å². The number of hydrogen-bond acceptors (Lipinski definition) is 4. The fourth-order valence-corrected chi connectivity index (χ4v) is 3.27. The van der Waals surface area contributed by atoms with E-state index >= 15 is 0 Å². The van der Waals surface area contributed by atoms with Crippen molar-refractivity contribution in [2.45, 2.75) is 44.7 Å². The molecule has 1 unspecified atom stereocenters. The number of thioether (sulfide) groups is 1. The zero-order valence-corrected chi connectivity index (χ0v) is 14.2. The van der Waals surface area contributed by atoms with Crippen molar-refractivity contribution in [3.63, 3.8) is 0 Å². The standard InChI is InChI=1S/C15H24N4O2S/c1-10-5-4-7-19-12(9-17-13(10)19)15(21)18-11(6-8-22-3)14(20)16-2/h9-11H,4-8H2,1-3H3,(H,16,20)(H,18,21)/t10?,11-/m0/s1. The van der Waals surface area contributed by atoms with E-state index in [1.54, 1.807) is 25.0 Å². The van der Waals surface area contributed by atoms with Crippen LogP contribution in [-0.2, 0) is 11.3 Å². The van der Waals surface area contributed by atoms with Gasteiger partial charge in [0.25, 0.3) is 5.91 Å². The van der Waals surface area contributed by atoms with Gasteiger partial charge in [-0.05, 0) is 31.3 Å². The highest BCUT2D eigenvalue weighted by molar-refractivity contribution is 7.98. The summed E-state index contributed by atoms with van der Waals surface area (Å²) >= 11 is 1.66. The van der Waals surface area contributed by atoms with Gasteiger partial charge in [0.2, 0.25) is 5.91 Å². The van der Waals surface area contributed by atoms with Crippen molar-refractivity contribution < 1.29 is 9.59 Å². The lowest BCUT2D eigenvalue weighted by Crippen LogP contribution is -2.46. The van der Waals surface area contributed by atoms with Gasteiger partial charge in [-0.3, -0.25) is 9.59 Å². The molecule has 2 heterocycles. The third-order valence-electron chi connectivity index (χ3n) is 4.06. The molecular weight excluding hydrogens is 300 g/mol. The SMILES string of the molecule is CNC(=O)[C@H](CCSC)NC(=O)c1cnc2n1CCCC2C. The van der Waals surface area contributed by atoms with E-state index in [0.717, 1.165) is 31.0 Å². The summed E-state index contributed by atoms with van der Waals surface area (Å²) in [5.74, 6) is 1.79. The van der Waals surface area contributed by atoms with Crippen LogP contribution in [0, 0.1) is 0 Å². The van der Waals surface area contributed by atoms with E-state index in [4.69, 9.17) is 0 Å². The van der Waals surface area contributed by atoms with Crippen molar-refractivity contribution in [3.8, 4) is 0 Å². The monoisotopic (exact) mass is 324 g/mol. The van der Waals surface area contributed by atoms with Crippen LogP contribution < -0.4 is 10.6 Å². The molecule has 1 aromatic rings. The van der Waals surface area contributed by atoms with Crippen LogP contribution in [-0.4, -0.2) is 46.5 Å². The average Bonchev–Trinajstić information content (AvgIpc) is 2.96. The van der Waals surface area contributed by atoms with Gasteiger partial charge in [0.15, 0.2) is 0 Å². The van der Waals surface area contributed by atoms with Crippen molar-refractivity contribution in [2.75, 3.05) is 19.1 Å². The molecule has 0 saturated heterocycles. The molecule has 6 nitrogen and oxygen atoms in total. The molecule has 2 N–H and O–H groups in total. The molecule has 122 valence electrons. The molecule has 1 aromatic heterocycles. The lowest BCUT2D eigenvalue weighted by Gasteiger charge is -2.22. The number of imidazole rings is 1. The highest BCUT2D eigenvalue weighted by Crippen LogP contribution is 2.26. The maximum absolute atomic E-state index is 12.5. The van der Waals surface area contributed by atoms with Crippen molar-refractivity contribution in [2.24, 2.45) is 0 Å². The van der Waals surface area contributed by atoms with Crippen LogP contribution >= 0.6 is 11.8 Å². The fraction of sp³-hybridized carbons (Fsp3) is 0.667. The van der Waals surface area contributed by atoms with Crippen molar-refractivity contribution in [1.29, 1.82) is 0 Å². The second kappa shape index (κ2) is 7.67. The van der Waals surface area contributed by atoms with Crippen LogP contribution in [0.1, 0.15) is 48.4 Å². The number of nitrogens with one attached hydrogen (secondary N) is 2. The summed E-state index contributed by atoms with van der Waals surface area (Å²) in [6.45, 7) is 2.95. The second-order valence-corrected chi connectivity index (χ2v) is 6.60. The minimum absolute atomic E-state index is 0.158. The first-order chi connectivity index (χ1) is 10.6. The first-order valence-corrected chi connectivity index (χ1v) is 9.04. The number of carbonyl (C=O) groups is 2. The lowest BCUT2D eigenvalue weighted by molar-refractivity contribution is -0.122. The number of fused-ring (bicyclic) bond motifs is 1. The summed E-state index contributed by atoms with van der Waals surface area (Å²) in [5, 5.41) is 5.45. The van der Waals surface area contributed by atoms with Crippen LogP contribution in [0.15, 0.2) is 6.20 Å². The van der Waals surface area contributed by atoms with Crippen LogP contribution in [0.5, 0.6) is 0 Å². The normalized spacial score (nSPS) is 18.4. The second-order valence-electron chi connectivity index (χ2n) is 5.62. The average molecular weight is 324 g/mol. The molecule has 0 aromatic carbocycles. The van der Waals surface area contributed by atoms with Gasteiger partial charge in [0.05, 0.1) is 6.20 Å². The van der Waals surface area contributed by atoms with E-state index in [0.29, 0.717) is 18.0 Å². The van der Waals surface area contributed by atoms with E-state index in [1.165, 1.54) is 0 Å². The van der Waals surface area contributed by atoms with Crippen LogP contribution in [0.4, 0.5) is 0 Å². The maximum atomic E-state index is 12.5. The molecule has 2 atom stereocenters. The molecule has 2 amide bonds. The predicted octanol–water partition coefficient (Wildman–Crippen LogP) is 1.38. The summed E-state index contributed by atoms with van der Waals surface area (Å²) in [5.41, 5.74) is 0.555. The van der Waals surface area contributed by atoms with Gasteiger partial charge < -0.3 is 15.2 Å². The molecule has 1 aliphatic rings. The topological polar surface area (TPSA) is 76.0 Å². The number of hydrogen-bond donors (Lipinski definition) is 2. The Bertz CT molecular complexity index is 544. The zero-order valence-electron chi connectivity index (χ0n) is 13.4. The smallest absolute Gasteiger partial charge is 0.270 e. The van der Waals surface area contributed by atoms with Crippen LogP contribution in [0.3, 0.4) is 0 Å². The molecule has 0 aliphatic carbocycles. The van der Waals surface area contributed by atoms with Crippen molar-refractivity contribution in [3.05, 3.63) is 17.7 Å².